The number of hydrogen-bond acceptors (Lipinski definition) is 4. The molecule has 0 atom stereocenters. The van der Waals surface area contributed by atoms with Crippen molar-refractivity contribution >= 4 is 21.9 Å². The van der Waals surface area contributed by atoms with Crippen molar-refractivity contribution in [3.05, 3.63) is 74.5 Å². The first-order valence-corrected chi connectivity index (χ1v) is 9.08. The highest BCUT2D eigenvalue weighted by molar-refractivity contribution is 9.10. The van der Waals surface area contributed by atoms with Crippen molar-refractivity contribution in [3.63, 3.8) is 0 Å². The zero-order chi connectivity index (χ0) is 18.8. The van der Waals surface area contributed by atoms with Crippen molar-refractivity contribution in [3.8, 4) is 5.69 Å². The molecular formula is C20H20BrN3O2. The highest BCUT2D eigenvalue weighted by atomic mass is 79.9. The van der Waals surface area contributed by atoms with Gasteiger partial charge in [0.05, 0.1) is 11.4 Å². The van der Waals surface area contributed by atoms with Gasteiger partial charge in [-0.05, 0) is 62.6 Å². The molecule has 0 saturated heterocycles. The number of nitrogens with zero attached hydrogens (tertiary/aromatic N) is 3. The van der Waals surface area contributed by atoms with E-state index < -0.39 is 5.97 Å². The van der Waals surface area contributed by atoms with Crippen LogP contribution in [0.15, 0.2) is 40.9 Å². The van der Waals surface area contributed by atoms with Crippen LogP contribution in [0.5, 0.6) is 0 Å². The van der Waals surface area contributed by atoms with E-state index in [1.54, 1.807) is 4.68 Å². The molecule has 0 aliphatic rings. The molecule has 2 aromatic carbocycles. The Balaban J connectivity index is 1.79. The molecule has 0 bridgehead atoms. The molecule has 0 aliphatic carbocycles. The van der Waals surface area contributed by atoms with Crippen LogP contribution in [0.2, 0.25) is 0 Å². The number of benzene rings is 2. The summed E-state index contributed by atoms with van der Waals surface area (Å²) in [5.74, 6) is -0.469. The summed E-state index contributed by atoms with van der Waals surface area (Å²) in [6.07, 6.45) is 0. The monoisotopic (exact) mass is 413 g/mol. The molecule has 0 unspecified atom stereocenters. The van der Waals surface area contributed by atoms with E-state index in [4.69, 9.17) is 4.74 Å². The normalized spacial score (nSPS) is 10.8. The smallest absolute Gasteiger partial charge is 0.361 e. The minimum Gasteiger partial charge on any atom is -0.456 e. The fourth-order valence-electron chi connectivity index (χ4n) is 2.69. The van der Waals surface area contributed by atoms with Crippen LogP contribution in [0.3, 0.4) is 0 Å². The Morgan fingerprint density at radius 2 is 1.85 bits per heavy atom. The van der Waals surface area contributed by atoms with E-state index >= 15 is 0 Å². The van der Waals surface area contributed by atoms with E-state index in [-0.39, 0.29) is 12.3 Å². The molecular weight excluding hydrogens is 394 g/mol. The molecule has 0 spiro atoms. The van der Waals surface area contributed by atoms with Crippen LogP contribution in [0.25, 0.3) is 5.69 Å². The number of ether oxygens (including phenoxy) is 1. The highest BCUT2D eigenvalue weighted by Crippen LogP contribution is 2.21. The lowest BCUT2D eigenvalue weighted by molar-refractivity contribution is 0.0464. The van der Waals surface area contributed by atoms with E-state index in [0.717, 1.165) is 32.4 Å². The number of aryl methyl sites for hydroxylation is 3. The first-order chi connectivity index (χ1) is 12.4. The van der Waals surface area contributed by atoms with Crippen LogP contribution in [0.1, 0.15) is 38.4 Å². The van der Waals surface area contributed by atoms with Gasteiger partial charge in [-0.25, -0.2) is 9.48 Å². The molecule has 0 amide bonds. The molecule has 0 radical (unpaired) electrons. The first-order valence-electron chi connectivity index (χ1n) is 8.29. The van der Waals surface area contributed by atoms with Crippen LogP contribution >= 0.6 is 15.9 Å². The Kier molecular flexibility index (Phi) is 5.23. The van der Waals surface area contributed by atoms with Gasteiger partial charge >= 0.3 is 5.97 Å². The number of carbonyl (C=O) groups is 1. The Bertz CT molecular complexity index is 979. The van der Waals surface area contributed by atoms with Gasteiger partial charge in [0, 0.05) is 4.47 Å². The van der Waals surface area contributed by atoms with E-state index in [2.05, 4.69) is 26.2 Å². The molecule has 5 nitrogen and oxygen atoms in total. The number of carbonyl (C=O) groups excluding carboxylic acids is 1. The summed E-state index contributed by atoms with van der Waals surface area (Å²) in [7, 11) is 0. The second kappa shape index (κ2) is 7.41. The van der Waals surface area contributed by atoms with Crippen molar-refractivity contribution in [2.75, 3.05) is 0 Å². The van der Waals surface area contributed by atoms with Gasteiger partial charge in [0.25, 0.3) is 0 Å². The third-order valence-electron chi connectivity index (χ3n) is 4.34. The molecule has 1 heterocycles. The fourth-order valence-corrected chi connectivity index (χ4v) is 2.94. The standard InChI is InChI=1S/C20H20BrN3O2/c1-12-5-6-13(2)16(9-12)11-26-20(25)19-15(4)24(23-22-19)17-7-8-18(21)14(3)10-17/h5-10H,11H2,1-4H3. The number of rotatable bonds is 4. The molecule has 26 heavy (non-hydrogen) atoms. The van der Waals surface area contributed by atoms with E-state index in [1.165, 1.54) is 0 Å². The summed E-state index contributed by atoms with van der Waals surface area (Å²) in [4.78, 5) is 12.5. The zero-order valence-electron chi connectivity index (χ0n) is 15.2. The molecule has 0 saturated carbocycles. The van der Waals surface area contributed by atoms with Gasteiger partial charge in [-0.2, -0.15) is 0 Å². The lowest BCUT2D eigenvalue weighted by Gasteiger charge is -2.08. The molecule has 0 N–H and O–H groups in total. The average molecular weight is 414 g/mol. The average Bonchev–Trinajstić information content (AvgIpc) is 2.99. The summed E-state index contributed by atoms with van der Waals surface area (Å²) in [6.45, 7) is 8.04. The Hall–Kier alpha value is -2.47. The largest absolute Gasteiger partial charge is 0.456 e. The Labute approximate surface area is 161 Å². The molecule has 3 rings (SSSR count). The van der Waals surface area contributed by atoms with Gasteiger partial charge in [-0.3, -0.25) is 0 Å². The summed E-state index contributed by atoms with van der Waals surface area (Å²) in [6, 6.07) is 11.9. The van der Waals surface area contributed by atoms with Gasteiger partial charge < -0.3 is 4.74 Å². The lowest BCUT2D eigenvalue weighted by Crippen LogP contribution is -2.09. The maximum atomic E-state index is 12.5. The molecule has 1 aromatic heterocycles. The maximum absolute atomic E-state index is 12.5. The third kappa shape index (κ3) is 3.70. The van der Waals surface area contributed by atoms with Crippen LogP contribution < -0.4 is 0 Å². The van der Waals surface area contributed by atoms with Crippen LogP contribution in [0, 0.1) is 27.7 Å². The topological polar surface area (TPSA) is 57.0 Å². The lowest BCUT2D eigenvalue weighted by atomic mass is 10.1. The predicted molar refractivity (Wildman–Crippen MR) is 104 cm³/mol. The van der Waals surface area contributed by atoms with Crippen molar-refractivity contribution in [1.82, 2.24) is 15.0 Å². The number of hydrogen-bond donors (Lipinski definition) is 0. The maximum Gasteiger partial charge on any atom is 0.361 e. The van der Waals surface area contributed by atoms with Crippen LogP contribution in [0.4, 0.5) is 0 Å². The molecule has 6 heteroatoms. The van der Waals surface area contributed by atoms with Gasteiger partial charge in [-0.15, -0.1) is 5.10 Å². The molecule has 0 aliphatic heterocycles. The summed E-state index contributed by atoms with van der Waals surface area (Å²) in [5.41, 5.74) is 6.03. The fraction of sp³-hybridized carbons (Fsp3) is 0.250. The zero-order valence-corrected chi connectivity index (χ0v) is 16.8. The second-order valence-electron chi connectivity index (χ2n) is 6.37. The first kappa shape index (κ1) is 18.3. The van der Waals surface area contributed by atoms with Crippen LogP contribution in [-0.2, 0) is 11.3 Å². The van der Waals surface area contributed by atoms with E-state index in [1.807, 2.05) is 64.1 Å². The van der Waals surface area contributed by atoms with Crippen molar-refractivity contribution in [1.29, 1.82) is 0 Å². The van der Waals surface area contributed by atoms with Crippen molar-refractivity contribution in [2.45, 2.75) is 34.3 Å². The number of aromatic nitrogens is 3. The molecule has 134 valence electrons. The minimum atomic E-state index is -0.469. The van der Waals surface area contributed by atoms with Gasteiger partial charge in [0.2, 0.25) is 0 Å². The number of halogens is 1. The van der Waals surface area contributed by atoms with Crippen molar-refractivity contribution < 1.29 is 9.53 Å². The molecule has 3 aromatic rings. The van der Waals surface area contributed by atoms with Crippen LogP contribution in [-0.4, -0.2) is 21.0 Å². The number of esters is 1. The SMILES string of the molecule is Cc1ccc(C)c(COC(=O)c2nnn(-c3ccc(Br)c(C)c3)c2C)c1. The van der Waals surface area contributed by atoms with Gasteiger partial charge in [0.1, 0.15) is 6.61 Å². The van der Waals surface area contributed by atoms with E-state index in [9.17, 15) is 4.79 Å². The Morgan fingerprint density at radius 1 is 1.08 bits per heavy atom. The highest BCUT2D eigenvalue weighted by Gasteiger charge is 2.19. The molecule has 0 fully saturated rings. The third-order valence-corrected chi connectivity index (χ3v) is 5.23. The van der Waals surface area contributed by atoms with Crippen molar-refractivity contribution in [2.24, 2.45) is 0 Å². The van der Waals surface area contributed by atoms with Gasteiger partial charge in [0.15, 0.2) is 5.69 Å². The summed E-state index contributed by atoms with van der Waals surface area (Å²) < 4.78 is 8.13. The quantitative estimate of drug-likeness (QED) is 0.585. The Morgan fingerprint density at radius 3 is 2.58 bits per heavy atom. The predicted octanol–water partition coefficient (Wildman–Crippen LogP) is 4.62. The van der Waals surface area contributed by atoms with E-state index in [0.29, 0.717) is 5.69 Å². The summed E-state index contributed by atoms with van der Waals surface area (Å²) >= 11 is 3.48. The second-order valence-corrected chi connectivity index (χ2v) is 7.23. The summed E-state index contributed by atoms with van der Waals surface area (Å²) in [5, 5.41) is 8.14. The van der Waals surface area contributed by atoms with Gasteiger partial charge in [-0.1, -0.05) is 44.9 Å². The minimum absolute atomic E-state index is 0.218.